The van der Waals surface area contributed by atoms with Crippen LogP contribution in [-0.4, -0.2) is 19.9 Å². The van der Waals surface area contributed by atoms with Gasteiger partial charge in [-0.05, 0) is 195 Å². The first-order valence-electron chi connectivity index (χ1n) is 27.6. The Balaban J connectivity index is 0.894. The Labute approximate surface area is 409 Å². The van der Waals surface area contributed by atoms with Crippen molar-refractivity contribution in [2.45, 2.75) is 97.7 Å². The van der Waals surface area contributed by atoms with E-state index in [2.05, 4.69) is 96.2 Å². The average Bonchev–Trinajstić information content (AvgIpc) is 3.79. The number of nitrogens with zero attached hydrogens (tertiary/aromatic N) is 4. The summed E-state index contributed by atoms with van der Waals surface area (Å²) >= 11 is 0. The van der Waals surface area contributed by atoms with E-state index in [1.807, 2.05) is 55.6 Å². The molecule has 2 unspecified atom stereocenters. The van der Waals surface area contributed by atoms with Gasteiger partial charge in [-0.3, -0.25) is 15.0 Å². The van der Waals surface area contributed by atoms with Crippen molar-refractivity contribution in [3.05, 3.63) is 192 Å². The SMILES string of the molecule is [2H]C([2H])([2H])c1ccc(-c2cc(-c3cccc4c3oc3nc(C)ccc34)ncc2CCC23CC4CC(CCc5ccc(-c6ccccc6)nc5)(CC(CCc5ccc(-c6ccccc6)nc5)(C4)C2)C3)cc1C([2H])([2H])[2H]. The lowest BCUT2D eigenvalue weighted by molar-refractivity contribution is -0.166. The zero-order valence-electron chi connectivity index (χ0n) is 44.8. The summed E-state index contributed by atoms with van der Waals surface area (Å²) in [5, 5.41) is 1.86. The van der Waals surface area contributed by atoms with Crippen LogP contribution in [0.5, 0.6) is 0 Å². The molecule has 4 saturated carbocycles. The third-order valence-corrected chi connectivity index (χ3v) is 16.1. The summed E-state index contributed by atoms with van der Waals surface area (Å²) in [4.78, 5) is 19.7. The second-order valence-corrected chi connectivity index (χ2v) is 20.9. The average molecular weight is 895 g/mol. The van der Waals surface area contributed by atoms with E-state index in [1.54, 1.807) is 12.1 Å². The fraction of sp³-hybridized carbons (Fsp3) is 0.302. The predicted molar refractivity (Wildman–Crippen MR) is 277 cm³/mol. The molecule has 338 valence electrons. The maximum Gasteiger partial charge on any atom is 0.227 e. The first kappa shape index (κ1) is 36.3. The van der Waals surface area contributed by atoms with Gasteiger partial charge in [0.05, 0.1) is 17.1 Å². The molecule has 0 saturated heterocycles. The largest absolute Gasteiger partial charge is 0.437 e. The number of aromatic nitrogens is 4. The quantitative estimate of drug-likeness (QED) is 0.115. The van der Waals surface area contributed by atoms with E-state index in [-0.39, 0.29) is 27.4 Å². The Morgan fingerprint density at radius 3 is 1.75 bits per heavy atom. The molecule has 4 bridgehead atoms. The van der Waals surface area contributed by atoms with E-state index in [4.69, 9.17) is 27.6 Å². The summed E-state index contributed by atoms with van der Waals surface area (Å²) < 4.78 is 56.8. The monoisotopic (exact) mass is 895 g/mol. The lowest BCUT2D eigenvalue weighted by atomic mass is 9.37. The Hall–Kier alpha value is -6.72. The van der Waals surface area contributed by atoms with E-state index < -0.39 is 13.7 Å². The minimum absolute atomic E-state index is 0.111. The first-order valence-corrected chi connectivity index (χ1v) is 24.6. The molecule has 5 heteroatoms. The molecule has 5 heterocycles. The number of pyridine rings is 4. The van der Waals surface area contributed by atoms with E-state index in [1.165, 1.54) is 55.7 Å². The highest BCUT2D eigenvalue weighted by molar-refractivity contribution is 6.08. The third kappa shape index (κ3) is 8.14. The molecule has 0 amide bonds. The van der Waals surface area contributed by atoms with E-state index >= 15 is 0 Å². The van der Waals surface area contributed by atoms with Crippen LogP contribution >= 0.6 is 0 Å². The molecule has 5 nitrogen and oxygen atoms in total. The molecule has 4 fully saturated rings. The summed E-state index contributed by atoms with van der Waals surface area (Å²) in [6, 6.07) is 46.7. The van der Waals surface area contributed by atoms with Gasteiger partial charge in [0.15, 0.2) is 0 Å². The van der Waals surface area contributed by atoms with Crippen molar-refractivity contribution in [2.24, 2.45) is 22.2 Å². The van der Waals surface area contributed by atoms with Crippen LogP contribution in [0.2, 0.25) is 0 Å². The molecule has 0 N–H and O–H groups in total. The number of para-hydroxylation sites is 1. The Bertz CT molecular complexity index is 3410. The highest BCUT2D eigenvalue weighted by Crippen LogP contribution is 2.73. The zero-order chi connectivity index (χ0) is 50.9. The molecular formula is C63H60N4O. The van der Waals surface area contributed by atoms with Gasteiger partial charge in [-0.15, -0.1) is 0 Å². The molecule has 4 aliphatic rings. The lowest BCUT2D eigenvalue weighted by Crippen LogP contribution is -2.57. The van der Waals surface area contributed by atoms with E-state index in [0.717, 1.165) is 94.2 Å². The number of hydrogen-bond donors (Lipinski definition) is 0. The number of aryl methyl sites for hydroxylation is 6. The second kappa shape index (κ2) is 17.1. The van der Waals surface area contributed by atoms with Crippen molar-refractivity contribution in [3.8, 4) is 44.9 Å². The molecule has 4 aromatic carbocycles. The molecule has 0 spiro atoms. The summed E-state index contributed by atoms with van der Waals surface area (Å²) in [5.41, 5.74) is 13.2. The molecule has 9 aromatic rings. The fourth-order valence-electron chi connectivity index (χ4n) is 13.6. The summed E-state index contributed by atoms with van der Waals surface area (Å²) in [7, 11) is 0. The van der Waals surface area contributed by atoms with Gasteiger partial charge >= 0.3 is 0 Å². The molecule has 5 aromatic heterocycles. The number of fused-ring (bicyclic) bond motifs is 3. The number of hydrogen-bond acceptors (Lipinski definition) is 5. The second-order valence-electron chi connectivity index (χ2n) is 20.9. The predicted octanol–water partition coefficient (Wildman–Crippen LogP) is 15.9. The van der Waals surface area contributed by atoms with Crippen molar-refractivity contribution in [3.63, 3.8) is 0 Å². The van der Waals surface area contributed by atoms with Crippen LogP contribution in [-0.2, 0) is 19.3 Å². The highest BCUT2D eigenvalue weighted by Gasteiger charge is 2.62. The van der Waals surface area contributed by atoms with E-state index in [9.17, 15) is 0 Å². The number of rotatable bonds is 13. The van der Waals surface area contributed by atoms with Gasteiger partial charge in [0.1, 0.15) is 5.58 Å². The van der Waals surface area contributed by atoms with Gasteiger partial charge in [-0.2, -0.15) is 0 Å². The third-order valence-electron chi connectivity index (χ3n) is 16.1. The van der Waals surface area contributed by atoms with Crippen molar-refractivity contribution in [2.75, 3.05) is 0 Å². The minimum Gasteiger partial charge on any atom is -0.437 e. The van der Waals surface area contributed by atoms with Crippen LogP contribution in [0, 0.1) is 42.8 Å². The number of benzene rings is 4. The van der Waals surface area contributed by atoms with Crippen molar-refractivity contribution >= 4 is 22.1 Å². The Morgan fingerprint density at radius 2 is 1.15 bits per heavy atom. The molecular weight excluding hydrogens is 829 g/mol. The standard InChI is InChI=1S/C63H60N4O/c1-42-17-21-50(31-43(42)2)55-32-58(54-16-10-15-52-53-22-18-44(3)67-60(53)68-59(52)54)66-38-51(55)27-30-63-35-47-33-61(40-63,28-25-45-19-23-56(64-36-45)48-11-6-4-7-12-48)39-62(34-47,41-63)29-26-46-20-24-57(65-37-46)49-13-8-5-9-14-49/h4-24,31-32,36-38,47H,25-30,33-35,39-41H2,1-3H3/i1D3,2D3. The Morgan fingerprint density at radius 1 is 0.529 bits per heavy atom. The van der Waals surface area contributed by atoms with Crippen molar-refractivity contribution in [1.29, 1.82) is 0 Å². The smallest absolute Gasteiger partial charge is 0.227 e. The van der Waals surface area contributed by atoms with Crippen LogP contribution in [0.25, 0.3) is 67.0 Å². The van der Waals surface area contributed by atoms with Crippen LogP contribution < -0.4 is 0 Å². The topological polar surface area (TPSA) is 64.7 Å². The van der Waals surface area contributed by atoms with Gasteiger partial charge in [-0.1, -0.05) is 103 Å². The summed E-state index contributed by atoms with van der Waals surface area (Å²) in [6.07, 6.45) is 19.5. The Kier molecular flexibility index (Phi) is 9.14. The van der Waals surface area contributed by atoms with Crippen LogP contribution in [0.1, 0.15) is 99.5 Å². The zero-order valence-corrected chi connectivity index (χ0v) is 38.8. The molecule has 4 aliphatic carbocycles. The van der Waals surface area contributed by atoms with Crippen LogP contribution in [0.15, 0.2) is 163 Å². The molecule has 2 atom stereocenters. The van der Waals surface area contributed by atoms with Crippen LogP contribution in [0.3, 0.4) is 0 Å². The maximum atomic E-state index is 8.51. The lowest BCUT2D eigenvalue weighted by Gasteiger charge is -2.67. The summed E-state index contributed by atoms with van der Waals surface area (Å²) in [6.45, 7) is -3.28. The highest BCUT2D eigenvalue weighted by atomic mass is 16.3. The number of furan rings is 1. The van der Waals surface area contributed by atoms with Gasteiger partial charge in [0.2, 0.25) is 5.71 Å². The van der Waals surface area contributed by atoms with Crippen molar-refractivity contribution < 1.29 is 12.6 Å². The van der Waals surface area contributed by atoms with Crippen LogP contribution in [0.4, 0.5) is 0 Å². The maximum absolute atomic E-state index is 8.51. The molecule has 0 radical (unpaired) electrons. The molecule has 68 heavy (non-hydrogen) atoms. The van der Waals surface area contributed by atoms with Gasteiger partial charge < -0.3 is 4.42 Å². The fourth-order valence-corrected chi connectivity index (χ4v) is 13.6. The molecule has 13 rings (SSSR count). The van der Waals surface area contributed by atoms with Gasteiger partial charge in [0.25, 0.3) is 0 Å². The molecule has 0 aliphatic heterocycles. The van der Waals surface area contributed by atoms with Gasteiger partial charge in [-0.25, -0.2) is 4.98 Å². The van der Waals surface area contributed by atoms with Gasteiger partial charge in [0, 0.05) is 60.0 Å². The first-order chi connectivity index (χ1) is 35.6. The summed E-state index contributed by atoms with van der Waals surface area (Å²) in [5.74, 6) is 0.639. The van der Waals surface area contributed by atoms with E-state index in [0.29, 0.717) is 28.5 Å². The minimum atomic E-state index is -2.64. The normalized spacial score (nSPS) is 23.5. The van der Waals surface area contributed by atoms with Crippen molar-refractivity contribution in [1.82, 2.24) is 19.9 Å².